The predicted molar refractivity (Wildman–Crippen MR) is 76.1 cm³/mol. The molecule has 1 heterocycles. The molecule has 0 amide bonds. The van der Waals surface area contributed by atoms with Gasteiger partial charge in [0.1, 0.15) is 0 Å². The van der Waals surface area contributed by atoms with Gasteiger partial charge in [-0.15, -0.1) is 0 Å². The van der Waals surface area contributed by atoms with Gasteiger partial charge < -0.3 is 10.0 Å². The number of hydrogen-bond acceptors (Lipinski definition) is 2. The monoisotopic (exact) mass is 267 g/mol. The van der Waals surface area contributed by atoms with Crippen molar-refractivity contribution in [3.63, 3.8) is 0 Å². The van der Waals surface area contributed by atoms with Crippen molar-refractivity contribution in [1.82, 2.24) is 4.90 Å². The molecule has 3 atom stereocenters. The van der Waals surface area contributed by atoms with Crippen LogP contribution in [0.2, 0.25) is 5.02 Å². The van der Waals surface area contributed by atoms with Gasteiger partial charge in [0.2, 0.25) is 0 Å². The van der Waals surface area contributed by atoms with Gasteiger partial charge in [0.05, 0.1) is 6.10 Å². The number of aliphatic hydroxyl groups is 1. The van der Waals surface area contributed by atoms with E-state index >= 15 is 0 Å². The molecule has 3 unspecified atom stereocenters. The summed E-state index contributed by atoms with van der Waals surface area (Å²) in [5.41, 5.74) is 1.22. The Morgan fingerprint density at radius 2 is 1.94 bits per heavy atom. The Kier molecular flexibility index (Phi) is 4.66. The molecule has 100 valence electrons. The second-order valence-corrected chi connectivity index (χ2v) is 5.85. The van der Waals surface area contributed by atoms with Crippen molar-refractivity contribution in [2.45, 2.75) is 31.8 Å². The number of benzene rings is 1. The summed E-state index contributed by atoms with van der Waals surface area (Å²) in [6, 6.07) is 7.96. The van der Waals surface area contributed by atoms with Gasteiger partial charge in [-0.2, -0.15) is 0 Å². The van der Waals surface area contributed by atoms with Gasteiger partial charge in [0.25, 0.3) is 0 Å². The first-order chi connectivity index (χ1) is 8.61. The van der Waals surface area contributed by atoms with E-state index < -0.39 is 0 Å². The average molecular weight is 268 g/mol. The Labute approximate surface area is 115 Å². The van der Waals surface area contributed by atoms with Crippen LogP contribution in [0, 0.1) is 5.92 Å². The smallest absolute Gasteiger partial charge is 0.0738 e. The van der Waals surface area contributed by atoms with Gasteiger partial charge >= 0.3 is 0 Å². The number of rotatable bonds is 3. The number of aliphatic hydroxyl groups excluding tert-OH is 1. The van der Waals surface area contributed by atoms with Crippen LogP contribution in [0.4, 0.5) is 0 Å². The molecular weight excluding hydrogens is 246 g/mol. The van der Waals surface area contributed by atoms with Crippen LogP contribution in [0.15, 0.2) is 24.3 Å². The van der Waals surface area contributed by atoms with E-state index in [1.54, 1.807) is 0 Å². The lowest BCUT2D eigenvalue weighted by Gasteiger charge is -2.40. The summed E-state index contributed by atoms with van der Waals surface area (Å²) in [5, 5.41) is 11.1. The summed E-state index contributed by atoms with van der Waals surface area (Å²) in [4.78, 5) is 2.23. The fourth-order valence-corrected chi connectivity index (χ4v) is 3.28. The van der Waals surface area contributed by atoms with E-state index in [-0.39, 0.29) is 12.0 Å². The van der Waals surface area contributed by atoms with Crippen LogP contribution < -0.4 is 0 Å². The van der Waals surface area contributed by atoms with Crippen molar-refractivity contribution >= 4 is 11.6 Å². The third-order valence-corrected chi connectivity index (χ3v) is 4.13. The lowest BCUT2D eigenvalue weighted by Crippen LogP contribution is -2.46. The maximum atomic E-state index is 10.4. The molecule has 1 aromatic rings. The van der Waals surface area contributed by atoms with Crippen molar-refractivity contribution < 1.29 is 5.11 Å². The maximum Gasteiger partial charge on any atom is 0.0738 e. The van der Waals surface area contributed by atoms with Crippen LogP contribution in [-0.4, -0.2) is 36.2 Å². The molecule has 18 heavy (non-hydrogen) atoms. The minimum absolute atomic E-state index is 0.249. The highest BCUT2D eigenvalue weighted by Gasteiger charge is 2.34. The van der Waals surface area contributed by atoms with Gasteiger partial charge in [0.15, 0.2) is 0 Å². The van der Waals surface area contributed by atoms with Gasteiger partial charge in [-0.1, -0.05) is 37.1 Å². The SMILES string of the molecule is CCCC1CN(C)CC(O)C1c1ccc(Cl)cc1. The Balaban J connectivity index is 2.23. The highest BCUT2D eigenvalue weighted by Crippen LogP contribution is 2.35. The molecule has 1 aliphatic heterocycles. The highest BCUT2D eigenvalue weighted by atomic mass is 35.5. The van der Waals surface area contributed by atoms with Gasteiger partial charge in [-0.25, -0.2) is 0 Å². The summed E-state index contributed by atoms with van der Waals surface area (Å²) >= 11 is 5.94. The summed E-state index contributed by atoms with van der Waals surface area (Å²) in [7, 11) is 2.09. The molecule has 2 rings (SSSR count). The summed E-state index contributed by atoms with van der Waals surface area (Å²) < 4.78 is 0. The van der Waals surface area contributed by atoms with E-state index in [2.05, 4.69) is 31.0 Å². The highest BCUT2D eigenvalue weighted by molar-refractivity contribution is 6.30. The number of hydrogen-bond donors (Lipinski definition) is 1. The molecule has 1 saturated heterocycles. The lowest BCUT2D eigenvalue weighted by molar-refractivity contribution is 0.0267. The first kappa shape index (κ1) is 13.9. The quantitative estimate of drug-likeness (QED) is 0.910. The number of likely N-dealkylation sites (tertiary alicyclic amines) is 1. The van der Waals surface area contributed by atoms with Gasteiger partial charge in [0, 0.05) is 24.0 Å². The second kappa shape index (κ2) is 6.05. The third kappa shape index (κ3) is 3.05. The Bertz CT molecular complexity index is 379. The molecule has 0 radical (unpaired) electrons. The van der Waals surface area contributed by atoms with Crippen LogP contribution in [0.5, 0.6) is 0 Å². The molecule has 0 aliphatic carbocycles. The van der Waals surface area contributed by atoms with E-state index in [0.29, 0.717) is 5.92 Å². The molecule has 3 heteroatoms. The summed E-state index contributed by atoms with van der Waals surface area (Å²) in [6.45, 7) is 4.03. The van der Waals surface area contributed by atoms with E-state index in [1.165, 1.54) is 5.56 Å². The normalized spacial score (nSPS) is 29.4. The summed E-state index contributed by atoms with van der Waals surface area (Å²) in [6.07, 6.45) is 2.05. The van der Waals surface area contributed by atoms with Crippen LogP contribution in [0.3, 0.4) is 0 Å². The fourth-order valence-electron chi connectivity index (χ4n) is 3.16. The van der Waals surface area contributed by atoms with Crippen LogP contribution in [0.1, 0.15) is 31.2 Å². The zero-order valence-corrected chi connectivity index (χ0v) is 11.9. The van der Waals surface area contributed by atoms with Gasteiger partial charge in [-0.05, 0) is 37.1 Å². The Morgan fingerprint density at radius 1 is 1.28 bits per heavy atom. The van der Waals surface area contributed by atoms with Crippen molar-refractivity contribution in [1.29, 1.82) is 0 Å². The third-order valence-electron chi connectivity index (χ3n) is 3.88. The van der Waals surface area contributed by atoms with E-state index in [4.69, 9.17) is 11.6 Å². The lowest BCUT2D eigenvalue weighted by atomic mass is 9.77. The summed E-state index contributed by atoms with van der Waals surface area (Å²) in [5.74, 6) is 0.781. The van der Waals surface area contributed by atoms with Crippen LogP contribution in [0.25, 0.3) is 0 Å². The number of halogens is 1. The number of nitrogens with zero attached hydrogens (tertiary/aromatic N) is 1. The van der Waals surface area contributed by atoms with Crippen LogP contribution >= 0.6 is 11.6 Å². The molecule has 0 spiro atoms. The van der Waals surface area contributed by atoms with E-state index in [0.717, 1.165) is 31.0 Å². The molecule has 1 aliphatic rings. The molecule has 0 saturated carbocycles. The zero-order valence-electron chi connectivity index (χ0n) is 11.1. The minimum Gasteiger partial charge on any atom is -0.391 e. The topological polar surface area (TPSA) is 23.5 Å². The van der Waals surface area contributed by atoms with Crippen LogP contribution in [-0.2, 0) is 0 Å². The van der Waals surface area contributed by atoms with E-state index in [1.807, 2.05) is 12.1 Å². The first-order valence-electron chi connectivity index (χ1n) is 6.74. The first-order valence-corrected chi connectivity index (χ1v) is 7.11. The Hall–Kier alpha value is -0.570. The van der Waals surface area contributed by atoms with Crippen molar-refractivity contribution in [2.75, 3.05) is 20.1 Å². The molecule has 2 nitrogen and oxygen atoms in total. The number of likely N-dealkylation sites (N-methyl/N-ethyl adjacent to an activating group) is 1. The minimum atomic E-state index is -0.276. The molecular formula is C15H22ClNO. The fraction of sp³-hybridized carbons (Fsp3) is 0.600. The van der Waals surface area contributed by atoms with Crippen molar-refractivity contribution in [3.05, 3.63) is 34.9 Å². The van der Waals surface area contributed by atoms with Gasteiger partial charge in [-0.3, -0.25) is 0 Å². The average Bonchev–Trinajstić information content (AvgIpc) is 2.31. The predicted octanol–water partition coefficient (Wildman–Crippen LogP) is 3.15. The maximum absolute atomic E-state index is 10.4. The molecule has 1 N–H and O–H groups in total. The molecule has 1 aromatic carbocycles. The zero-order chi connectivity index (χ0) is 13.1. The van der Waals surface area contributed by atoms with Crippen molar-refractivity contribution in [3.8, 4) is 0 Å². The largest absolute Gasteiger partial charge is 0.391 e. The molecule has 0 bridgehead atoms. The molecule has 1 fully saturated rings. The van der Waals surface area contributed by atoms with Crippen molar-refractivity contribution in [2.24, 2.45) is 5.92 Å². The number of piperidine rings is 1. The standard InChI is InChI=1S/C15H22ClNO/c1-3-4-12-9-17(2)10-14(18)15(12)11-5-7-13(16)8-6-11/h5-8,12,14-15,18H,3-4,9-10H2,1-2H3. The second-order valence-electron chi connectivity index (χ2n) is 5.41. The number of β-amino-alcohol motifs (C(OH)–C–C–N with tert-alkyl or cyclic N) is 1. The van der Waals surface area contributed by atoms with E-state index in [9.17, 15) is 5.11 Å². The Morgan fingerprint density at radius 3 is 2.56 bits per heavy atom. The molecule has 0 aromatic heterocycles.